The number of rotatable bonds is 6. The van der Waals surface area contributed by atoms with Crippen LogP contribution in [-0.2, 0) is 13.1 Å². The summed E-state index contributed by atoms with van der Waals surface area (Å²) < 4.78 is 14.0. The average molecular weight is 254 g/mol. The van der Waals surface area contributed by atoms with Crippen molar-refractivity contribution in [3.8, 4) is 0 Å². The largest absolute Gasteiger partial charge is 0.389 e. The van der Waals surface area contributed by atoms with Crippen LogP contribution in [-0.4, -0.2) is 28.7 Å². The molecule has 0 saturated heterocycles. The van der Waals surface area contributed by atoms with Gasteiger partial charge < -0.3 is 10.8 Å². The van der Waals surface area contributed by atoms with Crippen molar-refractivity contribution in [2.24, 2.45) is 5.73 Å². The summed E-state index contributed by atoms with van der Waals surface area (Å²) in [5, 5.41) is 9.81. The molecular formula is C14H23FN2O. The second kappa shape index (κ2) is 6.27. The lowest BCUT2D eigenvalue weighted by molar-refractivity contribution is 0.0350. The molecule has 1 aromatic carbocycles. The van der Waals surface area contributed by atoms with E-state index in [9.17, 15) is 9.50 Å². The number of benzene rings is 1. The first-order valence-electron chi connectivity index (χ1n) is 6.28. The SMILES string of the molecule is CCN(Cc1cccc(CN)c1F)CC(C)(C)O. The highest BCUT2D eigenvalue weighted by atomic mass is 19.1. The quantitative estimate of drug-likeness (QED) is 0.815. The summed E-state index contributed by atoms with van der Waals surface area (Å²) in [7, 11) is 0. The molecule has 0 amide bonds. The Morgan fingerprint density at radius 3 is 2.44 bits per heavy atom. The van der Waals surface area contributed by atoms with Crippen LogP contribution in [0.3, 0.4) is 0 Å². The van der Waals surface area contributed by atoms with Gasteiger partial charge in [0, 0.05) is 30.8 Å². The fraction of sp³-hybridized carbons (Fsp3) is 0.571. The zero-order valence-electron chi connectivity index (χ0n) is 11.4. The van der Waals surface area contributed by atoms with Crippen molar-refractivity contribution in [2.75, 3.05) is 13.1 Å². The van der Waals surface area contributed by atoms with Gasteiger partial charge >= 0.3 is 0 Å². The molecule has 0 atom stereocenters. The first-order chi connectivity index (χ1) is 8.37. The third-order valence-corrected chi connectivity index (χ3v) is 2.83. The van der Waals surface area contributed by atoms with Crippen LogP contribution in [0.2, 0.25) is 0 Å². The minimum absolute atomic E-state index is 0.206. The van der Waals surface area contributed by atoms with E-state index in [1.54, 1.807) is 26.0 Å². The van der Waals surface area contributed by atoms with E-state index >= 15 is 0 Å². The first-order valence-corrected chi connectivity index (χ1v) is 6.28. The van der Waals surface area contributed by atoms with Gasteiger partial charge in [0.05, 0.1) is 5.60 Å². The van der Waals surface area contributed by atoms with Crippen LogP contribution in [0.5, 0.6) is 0 Å². The van der Waals surface area contributed by atoms with Gasteiger partial charge in [-0.1, -0.05) is 25.1 Å². The summed E-state index contributed by atoms with van der Waals surface area (Å²) >= 11 is 0. The minimum Gasteiger partial charge on any atom is -0.389 e. The summed E-state index contributed by atoms with van der Waals surface area (Å²) in [6.45, 7) is 7.46. The topological polar surface area (TPSA) is 49.5 Å². The predicted octanol–water partition coefficient (Wildman–Crippen LogP) is 1.88. The lowest BCUT2D eigenvalue weighted by atomic mass is 10.1. The van der Waals surface area contributed by atoms with Gasteiger partial charge in [0.15, 0.2) is 0 Å². The molecule has 1 rings (SSSR count). The smallest absolute Gasteiger partial charge is 0.132 e. The van der Waals surface area contributed by atoms with Crippen molar-refractivity contribution < 1.29 is 9.50 Å². The lowest BCUT2D eigenvalue weighted by Crippen LogP contribution is -2.38. The number of hydrogen-bond acceptors (Lipinski definition) is 3. The Labute approximate surface area is 108 Å². The molecular weight excluding hydrogens is 231 g/mol. The molecule has 4 heteroatoms. The Balaban J connectivity index is 2.82. The number of nitrogens with zero attached hydrogens (tertiary/aromatic N) is 1. The van der Waals surface area contributed by atoms with Crippen LogP contribution in [0.15, 0.2) is 18.2 Å². The molecule has 3 nitrogen and oxygen atoms in total. The van der Waals surface area contributed by atoms with E-state index in [0.717, 1.165) is 6.54 Å². The fourth-order valence-electron chi connectivity index (χ4n) is 1.98. The molecule has 0 aromatic heterocycles. The van der Waals surface area contributed by atoms with Gasteiger partial charge in [-0.05, 0) is 20.4 Å². The van der Waals surface area contributed by atoms with Gasteiger partial charge in [-0.2, -0.15) is 0 Å². The molecule has 18 heavy (non-hydrogen) atoms. The molecule has 0 spiro atoms. The van der Waals surface area contributed by atoms with Gasteiger partial charge in [-0.3, -0.25) is 4.90 Å². The number of likely N-dealkylation sites (N-methyl/N-ethyl adjacent to an activating group) is 1. The normalized spacial score (nSPS) is 12.2. The second-order valence-corrected chi connectivity index (χ2v) is 5.21. The van der Waals surface area contributed by atoms with Crippen LogP contribution in [0.1, 0.15) is 31.9 Å². The van der Waals surface area contributed by atoms with Crippen molar-refractivity contribution in [3.63, 3.8) is 0 Å². The van der Waals surface area contributed by atoms with Gasteiger partial charge in [0.25, 0.3) is 0 Å². The van der Waals surface area contributed by atoms with E-state index in [4.69, 9.17) is 5.73 Å². The number of halogens is 1. The molecule has 0 aliphatic carbocycles. The average Bonchev–Trinajstić information content (AvgIpc) is 2.29. The third-order valence-electron chi connectivity index (χ3n) is 2.83. The molecule has 1 aromatic rings. The first kappa shape index (κ1) is 15.1. The van der Waals surface area contributed by atoms with Crippen LogP contribution in [0.25, 0.3) is 0 Å². The molecule has 0 fully saturated rings. The van der Waals surface area contributed by atoms with E-state index < -0.39 is 5.60 Å². The summed E-state index contributed by atoms with van der Waals surface area (Å²) in [5.74, 6) is -0.228. The zero-order valence-corrected chi connectivity index (χ0v) is 11.4. The number of hydrogen-bond donors (Lipinski definition) is 2. The highest BCUT2D eigenvalue weighted by Gasteiger charge is 2.18. The highest BCUT2D eigenvalue weighted by Crippen LogP contribution is 2.16. The molecule has 0 bridgehead atoms. The van der Waals surface area contributed by atoms with Crippen LogP contribution < -0.4 is 5.73 Å². The summed E-state index contributed by atoms with van der Waals surface area (Å²) in [5.41, 5.74) is 5.87. The Morgan fingerprint density at radius 2 is 1.94 bits per heavy atom. The van der Waals surface area contributed by atoms with Gasteiger partial charge in [0.2, 0.25) is 0 Å². The lowest BCUT2D eigenvalue weighted by Gasteiger charge is -2.28. The van der Waals surface area contributed by atoms with Crippen molar-refractivity contribution in [2.45, 2.75) is 39.5 Å². The summed E-state index contributed by atoms with van der Waals surface area (Å²) in [4.78, 5) is 2.01. The summed E-state index contributed by atoms with van der Waals surface area (Å²) in [6.07, 6.45) is 0. The molecule has 3 N–H and O–H groups in total. The molecule has 0 aliphatic rings. The summed E-state index contributed by atoms with van der Waals surface area (Å²) in [6, 6.07) is 5.28. The van der Waals surface area contributed by atoms with E-state index in [1.165, 1.54) is 0 Å². The van der Waals surface area contributed by atoms with E-state index in [-0.39, 0.29) is 12.4 Å². The van der Waals surface area contributed by atoms with Crippen LogP contribution >= 0.6 is 0 Å². The molecule has 0 heterocycles. The predicted molar refractivity (Wildman–Crippen MR) is 71.5 cm³/mol. The fourth-order valence-corrected chi connectivity index (χ4v) is 1.98. The standard InChI is InChI=1S/C14H23FN2O/c1-4-17(10-14(2,3)18)9-12-7-5-6-11(8-16)13(12)15/h5-7,18H,4,8-10,16H2,1-3H3. The maximum Gasteiger partial charge on any atom is 0.132 e. The van der Waals surface area contributed by atoms with E-state index in [1.807, 2.05) is 17.9 Å². The minimum atomic E-state index is -0.780. The number of nitrogens with two attached hydrogens (primary N) is 1. The Hall–Kier alpha value is -0.970. The van der Waals surface area contributed by atoms with Crippen molar-refractivity contribution in [3.05, 3.63) is 35.1 Å². The van der Waals surface area contributed by atoms with Gasteiger partial charge in [-0.15, -0.1) is 0 Å². The second-order valence-electron chi connectivity index (χ2n) is 5.21. The Kier molecular flexibility index (Phi) is 5.26. The maximum atomic E-state index is 14.0. The van der Waals surface area contributed by atoms with Crippen LogP contribution in [0.4, 0.5) is 4.39 Å². The Morgan fingerprint density at radius 1 is 1.33 bits per heavy atom. The van der Waals surface area contributed by atoms with Gasteiger partial charge in [0.1, 0.15) is 5.82 Å². The zero-order chi connectivity index (χ0) is 13.8. The van der Waals surface area contributed by atoms with E-state index in [2.05, 4.69) is 0 Å². The Bertz CT molecular complexity index is 388. The van der Waals surface area contributed by atoms with E-state index in [0.29, 0.717) is 24.2 Å². The van der Waals surface area contributed by atoms with Crippen molar-refractivity contribution in [1.82, 2.24) is 4.90 Å². The molecule has 0 unspecified atom stereocenters. The highest BCUT2D eigenvalue weighted by molar-refractivity contribution is 5.25. The monoisotopic (exact) mass is 254 g/mol. The number of aliphatic hydroxyl groups is 1. The van der Waals surface area contributed by atoms with Crippen molar-refractivity contribution >= 4 is 0 Å². The van der Waals surface area contributed by atoms with Crippen molar-refractivity contribution in [1.29, 1.82) is 0 Å². The third kappa shape index (κ3) is 4.37. The maximum absolute atomic E-state index is 14.0. The molecule has 0 aliphatic heterocycles. The molecule has 0 saturated carbocycles. The van der Waals surface area contributed by atoms with Crippen LogP contribution in [0, 0.1) is 5.82 Å². The molecule has 0 radical (unpaired) electrons. The van der Waals surface area contributed by atoms with Gasteiger partial charge in [-0.25, -0.2) is 4.39 Å². The molecule has 102 valence electrons.